The maximum absolute atomic E-state index is 14.0. The van der Waals surface area contributed by atoms with E-state index in [2.05, 4.69) is 25.8 Å². The highest BCUT2D eigenvalue weighted by Crippen LogP contribution is 2.40. The molecule has 0 bridgehead atoms. The predicted molar refractivity (Wildman–Crippen MR) is 179 cm³/mol. The van der Waals surface area contributed by atoms with Crippen LogP contribution >= 0.6 is 22.9 Å². The third kappa shape index (κ3) is 7.26. The number of hydrogen-bond donors (Lipinski definition) is 3. The van der Waals surface area contributed by atoms with Gasteiger partial charge in [0.2, 0.25) is 5.91 Å². The molecule has 3 aliphatic rings. The third-order valence-corrected chi connectivity index (χ3v) is 10.3. The quantitative estimate of drug-likeness (QED) is 0.306. The lowest BCUT2D eigenvalue weighted by atomic mass is 10.00. The van der Waals surface area contributed by atoms with E-state index in [4.69, 9.17) is 11.6 Å². The molecule has 3 N–H and O–H groups in total. The number of fused-ring (bicyclic) bond motifs is 1. The third-order valence-electron chi connectivity index (χ3n) is 9.11. The first-order valence-electron chi connectivity index (χ1n) is 15.7. The Bertz CT molecular complexity index is 1640. The van der Waals surface area contributed by atoms with E-state index in [0.717, 1.165) is 22.3 Å². The van der Waals surface area contributed by atoms with Gasteiger partial charge in [0.15, 0.2) is 0 Å². The maximum Gasteiger partial charge on any atom is 0.418 e. The van der Waals surface area contributed by atoms with Crippen molar-refractivity contribution in [1.29, 1.82) is 0 Å². The number of anilines is 3. The predicted octanol–water partition coefficient (Wildman–Crippen LogP) is 5.34. The Labute approximate surface area is 285 Å². The monoisotopic (exact) mass is 704 g/mol. The molecular weight excluding hydrogens is 669 g/mol. The maximum atomic E-state index is 14.0. The van der Waals surface area contributed by atoms with Gasteiger partial charge in [0.05, 0.1) is 28.5 Å². The molecule has 1 aromatic carbocycles. The van der Waals surface area contributed by atoms with Crippen LogP contribution in [0.4, 0.5) is 39.8 Å². The van der Waals surface area contributed by atoms with Crippen LogP contribution in [0.5, 0.6) is 0 Å². The molecule has 48 heavy (non-hydrogen) atoms. The van der Waals surface area contributed by atoms with E-state index in [-0.39, 0.29) is 40.7 Å². The van der Waals surface area contributed by atoms with Gasteiger partial charge >= 0.3 is 18.2 Å². The number of rotatable bonds is 7. The first-order chi connectivity index (χ1) is 23.0. The van der Waals surface area contributed by atoms with Crippen LogP contribution in [0.1, 0.15) is 28.8 Å². The summed E-state index contributed by atoms with van der Waals surface area (Å²) >= 11 is 7.85. The Morgan fingerprint density at radius 1 is 1.06 bits per heavy atom. The van der Waals surface area contributed by atoms with E-state index in [0.29, 0.717) is 58.7 Å². The Morgan fingerprint density at radius 3 is 2.44 bits per heavy atom. The summed E-state index contributed by atoms with van der Waals surface area (Å²) < 4.78 is 41.9. The Kier molecular flexibility index (Phi) is 9.88. The lowest BCUT2D eigenvalue weighted by Crippen LogP contribution is -2.58. The van der Waals surface area contributed by atoms with Gasteiger partial charge in [-0.2, -0.15) is 13.2 Å². The zero-order valence-corrected chi connectivity index (χ0v) is 27.8. The van der Waals surface area contributed by atoms with Gasteiger partial charge in [0, 0.05) is 81.7 Å². The second kappa shape index (κ2) is 14.1. The fourth-order valence-corrected chi connectivity index (χ4v) is 7.72. The summed E-state index contributed by atoms with van der Waals surface area (Å²) in [5.41, 5.74) is 0.768. The minimum Gasteiger partial charge on any atom is -0.386 e. The average Bonchev–Trinajstić information content (AvgIpc) is 3.54. The van der Waals surface area contributed by atoms with Crippen molar-refractivity contribution in [3.63, 3.8) is 0 Å². The second-order valence-electron chi connectivity index (χ2n) is 12.0. The number of nitrogens with zero attached hydrogens (tertiary/aromatic N) is 5. The highest BCUT2D eigenvalue weighted by molar-refractivity contribution is 7.10. The van der Waals surface area contributed by atoms with Crippen LogP contribution in [0.15, 0.2) is 48.1 Å². The molecule has 0 unspecified atom stereocenters. The molecule has 3 aliphatic heterocycles. The molecular formula is C32H36ClF3N8O3S. The van der Waals surface area contributed by atoms with Gasteiger partial charge in [-0.3, -0.25) is 9.78 Å². The van der Waals surface area contributed by atoms with E-state index >= 15 is 0 Å². The van der Waals surface area contributed by atoms with Crippen molar-refractivity contribution < 1.29 is 27.6 Å². The molecule has 256 valence electrons. The fraction of sp³-hybridized carbons (Fsp3) is 0.438. The number of hydrogen-bond acceptors (Lipinski definition) is 7. The van der Waals surface area contributed by atoms with Crippen LogP contribution in [-0.2, 0) is 23.9 Å². The van der Waals surface area contributed by atoms with Gasteiger partial charge in [-0.05, 0) is 54.1 Å². The van der Waals surface area contributed by atoms with Crippen molar-refractivity contribution >= 4 is 58.0 Å². The minimum atomic E-state index is -4.69. The molecule has 1 atom stereocenters. The van der Waals surface area contributed by atoms with Gasteiger partial charge in [-0.25, -0.2) is 9.59 Å². The van der Waals surface area contributed by atoms with Crippen LogP contribution in [0.25, 0.3) is 0 Å². The summed E-state index contributed by atoms with van der Waals surface area (Å²) in [6.45, 7) is 3.04. The molecule has 3 aromatic rings. The molecule has 2 aromatic heterocycles. The van der Waals surface area contributed by atoms with Crippen molar-refractivity contribution in [2.45, 2.75) is 44.1 Å². The smallest absolute Gasteiger partial charge is 0.386 e. The van der Waals surface area contributed by atoms with Crippen molar-refractivity contribution in [2.75, 3.05) is 61.8 Å². The molecule has 5 heterocycles. The molecule has 16 heteroatoms. The van der Waals surface area contributed by atoms with E-state index in [1.165, 1.54) is 13.1 Å². The Hall–Kier alpha value is -4.24. The molecule has 6 rings (SSSR count). The number of carbonyl (C=O) groups excluding carboxylic acids is 3. The van der Waals surface area contributed by atoms with Crippen molar-refractivity contribution in [2.24, 2.45) is 0 Å². The number of halogens is 4. The van der Waals surface area contributed by atoms with Crippen molar-refractivity contribution in [3.05, 3.63) is 69.1 Å². The zero-order chi connectivity index (χ0) is 34.0. The highest BCUT2D eigenvalue weighted by Gasteiger charge is 2.37. The molecule has 0 radical (unpaired) electrons. The number of likely N-dealkylation sites (tertiary alicyclic amines) is 1. The molecule has 2 fully saturated rings. The van der Waals surface area contributed by atoms with Gasteiger partial charge in [-0.15, -0.1) is 11.3 Å². The van der Waals surface area contributed by atoms with E-state index < -0.39 is 23.8 Å². The summed E-state index contributed by atoms with van der Waals surface area (Å²) in [6, 6.07) is 6.17. The largest absolute Gasteiger partial charge is 0.418 e. The average molecular weight is 705 g/mol. The second-order valence-corrected chi connectivity index (χ2v) is 13.4. The number of urea groups is 2. The van der Waals surface area contributed by atoms with E-state index in [9.17, 15) is 27.6 Å². The van der Waals surface area contributed by atoms with Crippen molar-refractivity contribution in [3.8, 4) is 0 Å². The van der Waals surface area contributed by atoms with Crippen LogP contribution < -0.4 is 20.9 Å². The van der Waals surface area contributed by atoms with Crippen molar-refractivity contribution in [1.82, 2.24) is 25.0 Å². The minimum absolute atomic E-state index is 0.0629. The van der Waals surface area contributed by atoms with Crippen LogP contribution in [0.2, 0.25) is 5.02 Å². The highest BCUT2D eigenvalue weighted by atomic mass is 35.5. The van der Waals surface area contributed by atoms with Crippen LogP contribution in [0, 0.1) is 0 Å². The standard InChI is InChI=1S/C32H36ClF3N8O3S/c1-37-28-23(32(34,35)36)16-20(17-24(28)33)18-26(29(45)42-13-11-41(12-14-42)21-2-7-38-8-3-21)40-30(46)43-9-4-22(5-10-43)44-19-27-25(6-15-48-27)39-31(44)47/h2-3,6-8,15-17,22,26,37H,4-5,9-14,18-19H2,1H3,(H,39,47)(H,40,46)/t26-/m1/s1. The normalized spacial score (nSPS) is 17.9. The Balaban J connectivity index is 1.16. The SMILES string of the molecule is CNc1c(Cl)cc(C[C@@H](NC(=O)N2CCC(N3Cc4sccc4NC3=O)CC2)C(=O)N2CCN(c3ccncc3)CC2)cc1C(F)(F)F. The lowest BCUT2D eigenvalue weighted by Gasteiger charge is -2.40. The topological polar surface area (TPSA) is 113 Å². The summed E-state index contributed by atoms with van der Waals surface area (Å²) in [5, 5.41) is 10.1. The summed E-state index contributed by atoms with van der Waals surface area (Å²) in [4.78, 5) is 52.6. The number of piperidine rings is 1. The van der Waals surface area contributed by atoms with E-state index in [1.807, 2.05) is 23.6 Å². The summed E-state index contributed by atoms with van der Waals surface area (Å²) in [6.07, 6.45) is -0.385. The number of benzene rings is 1. The number of pyridine rings is 1. The van der Waals surface area contributed by atoms with Crippen LogP contribution in [-0.4, -0.2) is 96.1 Å². The summed E-state index contributed by atoms with van der Waals surface area (Å²) in [7, 11) is 1.36. The molecule has 2 saturated heterocycles. The number of carbonyl (C=O) groups is 3. The molecule has 11 nitrogen and oxygen atoms in total. The first kappa shape index (κ1) is 33.7. The molecule has 0 spiro atoms. The van der Waals surface area contributed by atoms with Crippen LogP contribution in [0.3, 0.4) is 0 Å². The van der Waals surface area contributed by atoms with Gasteiger partial charge < -0.3 is 35.6 Å². The first-order valence-corrected chi connectivity index (χ1v) is 17.0. The zero-order valence-electron chi connectivity index (χ0n) is 26.2. The summed E-state index contributed by atoms with van der Waals surface area (Å²) in [5.74, 6) is -0.383. The molecule has 0 aliphatic carbocycles. The number of amides is 5. The van der Waals surface area contributed by atoms with Gasteiger partial charge in [0.1, 0.15) is 6.04 Å². The van der Waals surface area contributed by atoms with Gasteiger partial charge in [-0.1, -0.05) is 11.6 Å². The number of nitrogens with one attached hydrogen (secondary N) is 3. The number of piperazine rings is 1. The van der Waals surface area contributed by atoms with Gasteiger partial charge in [0.25, 0.3) is 0 Å². The molecule has 0 saturated carbocycles. The lowest BCUT2D eigenvalue weighted by molar-refractivity contribution is -0.137. The number of aromatic nitrogens is 1. The number of thiophene rings is 1. The fourth-order valence-electron chi connectivity index (χ4n) is 6.56. The molecule has 5 amide bonds. The van der Waals surface area contributed by atoms with E-state index in [1.54, 1.807) is 38.4 Å². The Morgan fingerprint density at radius 2 is 1.77 bits per heavy atom. The number of alkyl halides is 3.